The van der Waals surface area contributed by atoms with Gasteiger partial charge in [-0.05, 0) is 57.2 Å². The molecule has 1 aliphatic carbocycles. The maximum atomic E-state index is 5.91. The summed E-state index contributed by atoms with van der Waals surface area (Å²) in [6.45, 7) is 1.83. The van der Waals surface area contributed by atoms with Crippen molar-refractivity contribution in [3.63, 3.8) is 0 Å². The predicted octanol–water partition coefficient (Wildman–Crippen LogP) is 3.77. The van der Waals surface area contributed by atoms with Crippen molar-refractivity contribution >= 4 is 11.1 Å². The third kappa shape index (κ3) is 2.44. The van der Waals surface area contributed by atoms with Gasteiger partial charge in [0.1, 0.15) is 11.3 Å². The summed E-state index contributed by atoms with van der Waals surface area (Å²) in [6.07, 6.45) is 7.20. The number of rotatable bonds is 3. The number of aryl methyl sites for hydroxylation is 2. The van der Waals surface area contributed by atoms with Crippen molar-refractivity contribution in [3.05, 3.63) is 47.4 Å². The van der Waals surface area contributed by atoms with E-state index < -0.39 is 0 Å². The van der Waals surface area contributed by atoms with E-state index in [9.17, 15) is 0 Å². The van der Waals surface area contributed by atoms with Crippen LogP contribution in [0.15, 0.2) is 28.7 Å². The molecule has 0 amide bonds. The lowest BCUT2D eigenvalue weighted by Crippen LogP contribution is -2.23. The molecule has 1 saturated heterocycles. The van der Waals surface area contributed by atoms with Gasteiger partial charge in [-0.3, -0.25) is 4.90 Å². The van der Waals surface area contributed by atoms with E-state index in [0.717, 1.165) is 55.2 Å². The molecule has 1 fully saturated rings. The van der Waals surface area contributed by atoms with Gasteiger partial charge in [0.15, 0.2) is 5.58 Å². The molecule has 1 unspecified atom stereocenters. The van der Waals surface area contributed by atoms with E-state index in [1.165, 1.54) is 30.7 Å². The highest BCUT2D eigenvalue weighted by molar-refractivity contribution is 5.72. The molecular weight excluding hydrogens is 300 g/mol. The van der Waals surface area contributed by atoms with Crippen LogP contribution in [-0.2, 0) is 19.4 Å². The summed E-state index contributed by atoms with van der Waals surface area (Å²) in [5.74, 6) is 1.95. The SMILES string of the molecule is c1ccc2oc(CN3CCCC3c3nc4c([nH]3)CCCC4)nc2c1. The first-order valence-electron chi connectivity index (χ1n) is 9.03. The smallest absolute Gasteiger partial charge is 0.209 e. The van der Waals surface area contributed by atoms with E-state index in [-0.39, 0.29) is 0 Å². The van der Waals surface area contributed by atoms with Gasteiger partial charge in [0, 0.05) is 5.69 Å². The van der Waals surface area contributed by atoms with Crippen LogP contribution in [0.2, 0.25) is 0 Å². The van der Waals surface area contributed by atoms with E-state index in [1.54, 1.807) is 0 Å². The van der Waals surface area contributed by atoms with Gasteiger partial charge in [0.2, 0.25) is 5.89 Å². The monoisotopic (exact) mass is 322 g/mol. The number of likely N-dealkylation sites (tertiary alicyclic amines) is 1. The van der Waals surface area contributed by atoms with Crippen LogP contribution < -0.4 is 0 Å². The normalized spacial score (nSPS) is 21.4. The largest absolute Gasteiger partial charge is 0.439 e. The maximum absolute atomic E-state index is 5.91. The fraction of sp³-hybridized carbons (Fsp3) is 0.474. The Morgan fingerprint density at radius 3 is 2.96 bits per heavy atom. The Bertz CT molecular complexity index is 809. The van der Waals surface area contributed by atoms with E-state index >= 15 is 0 Å². The van der Waals surface area contributed by atoms with Crippen LogP contribution >= 0.6 is 0 Å². The summed E-state index contributed by atoms with van der Waals surface area (Å²) in [4.78, 5) is 15.6. The zero-order valence-corrected chi connectivity index (χ0v) is 13.8. The molecule has 2 aliphatic rings. The number of fused-ring (bicyclic) bond motifs is 2. The van der Waals surface area contributed by atoms with Crippen molar-refractivity contribution in [2.75, 3.05) is 6.54 Å². The molecular formula is C19H22N4O. The first kappa shape index (κ1) is 14.2. The molecule has 0 saturated carbocycles. The van der Waals surface area contributed by atoms with Crippen molar-refractivity contribution in [3.8, 4) is 0 Å². The van der Waals surface area contributed by atoms with Crippen LogP contribution in [0, 0.1) is 0 Å². The zero-order valence-electron chi connectivity index (χ0n) is 13.8. The summed E-state index contributed by atoms with van der Waals surface area (Å²) in [6, 6.07) is 8.34. The van der Waals surface area contributed by atoms with Crippen LogP contribution in [0.1, 0.15) is 54.8 Å². The fourth-order valence-corrected chi connectivity index (χ4v) is 4.12. The highest BCUT2D eigenvalue weighted by Crippen LogP contribution is 2.33. The molecule has 1 aliphatic heterocycles. The number of benzene rings is 1. The van der Waals surface area contributed by atoms with Crippen LogP contribution in [-0.4, -0.2) is 26.4 Å². The quantitative estimate of drug-likeness (QED) is 0.797. The van der Waals surface area contributed by atoms with Gasteiger partial charge in [-0.25, -0.2) is 9.97 Å². The van der Waals surface area contributed by atoms with Crippen molar-refractivity contribution in [1.29, 1.82) is 0 Å². The average molecular weight is 322 g/mol. The number of H-pyrrole nitrogens is 1. The molecule has 0 radical (unpaired) electrons. The second-order valence-electron chi connectivity index (χ2n) is 6.96. The van der Waals surface area contributed by atoms with Crippen LogP contribution in [0.25, 0.3) is 11.1 Å². The first-order chi connectivity index (χ1) is 11.9. The topological polar surface area (TPSA) is 58.0 Å². The number of hydrogen-bond donors (Lipinski definition) is 1. The Morgan fingerprint density at radius 1 is 1.12 bits per heavy atom. The van der Waals surface area contributed by atoms with Crippen molar-refractivity contribution in [2.45, 2.75) is 51.1 Å². The first-order valence-corrected chi connectivity index (χ1v) is 9.03. The molecule has 0 spiro atoms. The summed E-state index contributed by atoms with van der Waals surface area (Å²) in [7, 11) is 0. The Kier molecular flexibility index (Phi) is 3.40. The number of nitrogens with one attached hydrogen (secondary N) is 1. The van der Waals surface area contributed by atoms with Gasteiger partial charge in [-0.15, -0.1) is 0 Å². The van der Waals surface area contributed by atoms with Gasteiger partial charge in [-0.2, -0.15) is 0 Å². The number of hydrogen-bond acceptors (Lipinski definition) is 4. The van der Waals surface area contributed by atoms with E-state index in [0.29, 0.717) is 6.04 Å². The van der Waals surface area contributed by atoms with Crippen LogP contribution in [0.5, 0.6) is 0 Å². The van der Waals surface area contributed by atoms with E-state index in [1.807, 2.05) is 24.3 Å². The average Bonchev–Trinajstić information content (AvgIpc) is 3.31. The summed E-state index contributed by atoms with van der Waals surface area (Å²) >= 11 is 0. The van der Waals surface area contributed by atoms with Gasteiger partial charge in [0.25, 0.3) is 0 Å². The second kappa shape index (κ2) is 5.74. The number of aromatic amines is 1. The van der Waals surface area contributed by atoms with Gasteiger partial charge in [0.05, 0.1) is 18.3 Å². The summed E-state index contributed by atoms with van der Waals surface area (Å²) in [5.41, 5.74) is 4.48. The molecule has 3 aromatic rings. The standard InChI is InChI=1S/C19H22N4O/c1-2-7-14-13(6-1)21-19(22-14)16-9-5-11-23(16)12-18-20-15-8-3-4-10-17(15)24-18/h3-4,8,10,16H,1-2,5-7,9,11-12H2,(H,21,22). The van der Waals surface area contributed by atoms with Gasteiger partial charge >= 0.3 is 0 Å². The second-order valence-corrected chi connectivity index (χ2v) is 6.96. The molecule has 2 aromatic heterocycles. The molecule has 124 valence electrons. The molecule has 3 heterocycles. The molecule has 5 rings (SSSR count). The van der Waals surface area contributed by atoms with Crippen molar-refractivity contribution in [2.24, 2.45) is 0 Å². The molecule has 24 heavy (non-hydrogen) atoms. The Balaban J connectivity index is 1.39. The number of nitrogens with zero attached hydrogens (tertiary/aromatic N) is 3. The lowest BCUT2D eigenvalue weighted by atomic mass is 10.0. The highest BCUT2D eigenvalue weighted by atomic mass is 16.3. The van der Waals surface area contributed by atoms with E-state index in [4.69, 9.17) is 9.40 Å². The molecule has 1 N–H and O–H groups in total. The third-order valence-electron chi connectivity index (χ3n) is 5.33. The fourth-order valence-electron chi connectivity index (χ4n) is 4.12. The van der Waals surface area contributed by atoms with Crippen molar-refractivity contribution in [1.82, 2.24) is 19.9 Å². The third-order valence-corrected chi connectivity index (χ3v) is 5.33. The van der Waals surface area contributed by atoms with Crippen LogP contribution in [0.4, 0.5) is 0 Å². The number of oxazole rings is 1. The molecule has 1 atom stereocenters. The van der Waals surface area contributed by atoms with Crippen molar-refractivity contribution < 1.29 is 4.42 Å². The maximum Gasteiger partial charge on any atom is 0.209 e. The molecule has 5 nitrogen and oxygen atoms in total. The molecule has 1 aromatic carbocycles. The molecule has 0 bridgehead atoms. The Morgan fingerprint density at radius 2 is 2.04 bits per heavy atom. The number of aromatic nitrogens is 3. The van der Waals surface area contributed by atoms with Gasteiger partial charge in [-0.1, -0.05) is 12.1 Å². The number of para-hydroxylation sites is 2. The minimum atomic E-state index is 0.366. The zero-order chi connectivity index (χ0) is 15.9. The Hall–Kier alpha value is -2.14. The minimum Gasteiger partial charge on any atom is -0.439 e. The predicted molar refractivity (Wildman–Crippen MR) is 91.6 cm³/mol. The highest BCUT2D eigenvalue weighted by Gasteiger charge is 2.30. The lowest BCUT2D eigenvalue weighted by Gasteiger charge is -2.21. The van der Waals surface area contributed by atoms with Gasteiger partial charge < -0.3 is 9.40 Å². The summed E-state index contributed by atoms with van der Waals surface area (Å²) in [5, 5.41) is 0. The summed E-state index contributed by atoms with van der Waals surface area (Å²) < 4.78 is 5.91. The Labute approximate surface area is 141 Å². The lowest BCUT2D eigenvalue weighted by molar-refractivity contribution is 0.219. The van der Waals surface area contributed by atoms with E-state index in [2.05, 4.69) is 14.9 Å². The number of imidazole rings is 1. The van der Waals surface area contributed by atoms with Crippen LogP contribution in [0.3, 0.4) is 0 Å². The minimum absolute atomic E-state index is 0.366. The molecule has 5 heteroatoms.